The molecule has 0 spiro atoms. The third kappa shape index (κ3) is 4.15. The predicted molar refractivity (Wildman–Crippen MR) is 106 cm³/mol. The fourth-order valence-electron chi connectivity index (χ4n) is 3.43. The average molecular weight is 352 g/mol. The van der Waals surface area contributed by atoms with Crippen LogP contribution in [-0.4, -0.2) is 42.1 Å². The van der Waals surface area contributed by atoms with Crippen LogP contribution >= 0.6 is 0 Å². The molecule has 1 saturated heterocycles. The average Bonchev–Trinajstić information content (AvgIpc) is 2.67. The fourth-order valence-corrected chi connectivity index (χ4v) is 3.43. The number of rotatable bonds is 4. The Morgan fingerprint density at radius 2 is 1.81 bits per heavy atom. The Hall–Kier alpha value is -2.56. The number of carbonyl (C=O) groups excluding carboxylic acids is 1. The highest BCUT2D eigenvalue weighted by Gasteiger charge is 2.23. The van der Waals surface area contributed by atoms with Crippen molar-refractivity contribution in [2.75, 3.05) is 31.1 Å². The summed E-state index contributed by atoms with van der Waals surface area (Å²) in [5.74, 6) is 0. The number of aromatic nitrogens is 1. The second kappa shape index (κ2) is 8.21. The molecule has 0 radical (unpaired) electrons. The second-order valence-electron chi connectivity index (χ2n) is 6.96. The zero-order valence-electron chi connectivity index (χ0n) is 15.9. The molecule has 2 aromatic rings. The molecule has 0 bridgehead atoms. The van der Waals surface area contributed by atoms with Gasteiger partial charge in [-0.15, -0.1) is 0 Å². The van der Waals surface area contributed by atoms with E-state index in [1.54, 1.807) is 0 Å². The smallest absolute Gasteiger partial charge is 0.318 e. The Kier molecular flexibility index (Phi) is 5.76. The number of hydrogen-bond acceptors (Lipinski definition) is 3. The van der Waals surface area contributed by atoms with Crippen molar-refractivity contribution < 1.29 is 4.79 Å². The van der Waals surface area contributed by atoms with E-state index in [1.807, 2.05) is 17.3 Å². The summed E-state index contributed by atoms with van der Waals surface area (Å²) >= 11 is 0. The molecule has 1 aliphatic heterocycles. The van der Waals surface area contributed by atoms with Gasteiger partial charge in [0.05, 0.1) is 6.04 Å². The van der Waals surface area contributed by atoms with Gasteiger partial charge in [-0.1, -0.05) is 36.8 Å². The van der Waals surface area contributed by atoms with Crippen molar-refractivity contribution in [1.29, 1.82) is 0 Å². The first-order valence-corrected chi connectivity index (χ1v) is 9.36. The molecule has 1 aromatic heterocycles. The van der Waals surface area contributed by atoms with Crippen molar-refractivity contribution in [3.8, 4) is 0 Å². The normalized spacial score (nSPS) is 15.7. The van der Waals surface area contributed by atoms with Crippen LogP contribution in [0.3, 0.4) is 0 Å². The third-order valence-electron chi connectivity index (χ3n) is 5.08. The topological polar surface area (TPSA) is 48.5 Å². The van der Waals surface area contributed by atoms with Crippen molar-refractivity contribution in [3.05, 3.63) is 59.4 Å². The van der Waals surface area contributed by atoms with Crippen LogP contribution in [0.25, 0.3) is 0 Å². The van der Waals surface area contributed by atoms with Gasteiger partial charge < -0.3 is 15.1 Å². The monoisotopic (exact) mass is 352 g/mol. The summed E-state index contributed by atoms with van der Waals surface area (Å²) in [5.41, 5.74) is 4.79. The molecule has 2 amide bonds. The summed E-state index contributed by atoms with van der Waals surface area (Å²) in [6.07, 6.45) is 4.60. The highest BCUT2D eigenvalue weighted by atomic mass is 16.2. The number of piperazine rings is 1. The Morgan fingerprint density at radius 3 is 2.42 bits per heavy atom. The Morgan fingerprint density at radius 1 is 1.12 bits per heavy atom. The molecule has 1 N–H and O–H groups in total. The number of benzene rings is 1. The Bertz CT molecular complexity index is 736. The van der Waals surface area contributed by atoms with E-state index in [-0.39, 0.29) is 12.1 Å². The Labute approximate surface area is 156 Å². The molecular weight excluding hydrogens is 324 g/mol. The molecular formula is C21H28N4O. The van der Waals surface area contributed by atoms with Crippen molar-refractivity contribution in [2.45, 2.75) is 33.2 Å². The lowest BCUT2D eigenvalue weighted by Gasteiger charge is -2.37. The number of carbonyl (C=O) groups is 1. The number of nitrogens with zero attached hydrogens (tertiary/aromatic N) is 3. The van der Waals surface area contributed by atoms with Gasteiger partial charge >= 0.3 is 6.03 Å². The molecule has 3 rings (SSSR count). The van der Waals surface area contributed by atoms with Crippen LogP contribution < -0.4 is 10.2 Å². The highest BCUT2D eigenvalue weighted by Crippen LogP contribution is 2.21. The van der Waals surface area contributed by atoms with Crippen molar-refractivity contribution in [1.82, 2.24) is 15.2 Å². The van der Waals surface area contributed by atoms with Crippen LogP contribution in [0.15, 0.2) is 42.7 Å². The van der Waals surface area contributed by atoms with Gasteiger partial charge in [0.1, 0.15) is 0 Å². The molecule has 0 saturated carbocycles. The fraction of sp³-hybridized carbons (Fsp3) is 0.429. The molecule has 5 nitrogen and oxygen atoms in total. The number of amides is 2. The number of urea groups is 1. The van der Waals surface area contributed by atoms with Gasteiger partial charge in [0, 0.05) is 44.3 Å². The first kappa shape index (κ1) is 18.2. The highest BCUT2D eigenvalue weighted by molar-refractivity contribution is 5.75. The molecule has 0 unspecified atom stereocenters. The van der Waals surface area contributed by atoms with E-state index in [1.165, 1.54) is 16.8 Å². The third-order valence-corrected chi connectivity index (χ3v) is 5.08. The minimum absolute atomic E-state index is 0.0310. The second-order valence-corrected chi connectivity index (χ2v) is 6.96. The molecule has 1 fully saturated rings. The van der Waals surface area contributed by atoms with E-state index in [2.05, 4.69) is 66.3 Å². The molecule has 1 aromatic carbocycles. The van der Waals surface area contributed by atoms with Gasteiger partial charge in [0.25, 0.3) is 0 Å². The summed E-state index contributed by atoms with van der Waals surface area (Å²) in [4.78, 5) is 21.1. The van der Waals surface area contributed by atoms with Gasteiger partial charge in [-0.25, -0.2) is 4.79 Å². The van der Waals surface area contributed by atoms with Gasteiger partial charge in [-0.3, -0.25) is 4.98 Å². The van der Waals surface area contributed by atoms with E-state index < -0.39 is 0 Å². The standard InChI is InChI=1S/C21H28N4O/c1-4-19(18-7-5-16(2)6-8-18)23-21(26)25-13-11-24(12-14-25)20-9-10-22-15-17(20)3/h5-10,15,19H,4,11-14H2,1-3H3,(H,23,26)/t19-/m1/s1. The lowest BCUT2D eigenvalue weighted by Crippen LogP contribution is -2.52. The largest absolute Gasteiger partial charge is 0.368 e. The van der Waals surface area contributed by atoms with Crippen LogP contribution in [0.2, 0.25) is 0 Å². The van der Waals surface area contributed by atoms with Crippen LogP contribution in [0.1, 0.15) is 36.1 Å². The van der Waals surface area contributed by atoms with Crippen LogP contribution in [0.5, 0.6) is 0 Å². The zero-order valence-corrected chi connectivity index (χ0v) is 15.9. The maximum absolute atomic E-state index is 12.7. The molecule has 0 aliphatic carbocycles. The van der Waals surface area contributed by atoms with Crippen LogP contribution in [0.4, 0.5) is 10.5 Å². The maximum atomic E-state index is 12.7. The molecule has 5 heteroatoms. The number of anilines is 1. The summed E-state index contributed by atoms with van der Waals surface area (Å²) in [6.45, 7) is 9.42. The predicted octanol–water partition coefficient (Wildman–Crippen LogP) is 3.68. The van der Waals surface area contributed by atoms with E-state index >= 15 is 0 Å². The first-order chi connectivity index (χ1) is 12.6. The molecule has 1 atom stereocenters. The van der Waals surface area contributed by atoms with Gasteiger partial charge in [-0.05, 0) is 37.5 Å². The summed E-state index contributed by atoms with van der Waals surface area (Å²) in [5, 5.41) is 3.20. The number of aryl methyl sites for hydroxylation is 2. The number of nitrogens with one attached hydrogen (secondary N) is 1. The minimum Gasteiger partial charge on any atom is -0.368 e. The lowest BCUT2D eigenvalue weighted by molar-refractivity contribution is 0.190. The first-order valence-electron chi connectivity index (χ1n) is 9.36. The zero-order chi connectivity index (χ0) is 18.5. The van der Waals surface area contributed by atoms with Gasteiger partial charge in [0.2, 0.25) is 0 Å². The van der Waals surface area contributed by atoms with Crippen LogP contribution in [0, 0.1) is 13.8 Å². The molecule has 26 heavy (non-hydrogen) atoms. The van der Waals surface area contributed by atoms with E-state index in [0.29, 0.717) is 0 Å². The summed E-state index contributed by atoms with van der Waals surface area (Å²) < 4.78 is 0. The lowest BCUT2D eigenvalue weighted by atomic mass is 10.0. The Balaban J connectivity index is 1.58. The number of pyridine rings is 1. The summed E-state index contributed by atoms with van der Waals surface area (Å²) in [6, 6.07) is 10.5. The van der Waals surface area contributed by atoms with E-state index in [9.17, 15) is 4.79 Å². The minimum atomic E-state index is 0.0310. The van der Waals surface area contributed by atoms with Crippen molar-refractivity contribution >= 4 is 11.7 Å². The quantitative estimate of drug-likeness (QED) is 0.913. The molecule has 2 heterocycles. The van der Waals surface area contributed by atoms with Gasteiger partial charge in [-0.2, -0.15) is 0 Å². The molecule has 138 valence electrons. The van der Waals surface area contributed by atoms with Gasteiger partial charge in [0.15, 0.2) is 0 Å². The van der Waals surface area contributed by atoms with E-state index in [0.717, 1.165) is 38.2 Å². The SMILES string of the molecule is CC[C@@H](NC(=O)N1CCN(c2ccncc2C)CC1)c1ccc(C)cc1. The maximum Gasteiger partial charge on any atom is 0.318 e. The summed E-state index contributed by atoms with van der Waals surface area (Å²) in [7, 11) is 0. The molecule has 1 aliphatic rings. The van der Waals surface area contributed by atoms with Crippen molar-refractivity contribution in [2.24, 2.45) is 0 Å². The van der Waals surface area contributed by atoms with Crippen LogP contribution in [-0.2, 0) is 0 Å². The van der Waals surface area contributed by atoms with E-state index in [4.69, 9.17) is 0 Å². The number of hydrogen-bond donors (Lipinski definition) is 1. The van der Waals surface area contributed by atoms with Crippen molar-refractivity contribution in [3.63, 3.8) is 0 Å².